The molecule has 148 valence electrons. The fourth-order valence-electron chi connectivity index (χ4n) is 6.61. The highest BCUT2D eigenvalue weighted by Crippen LogP contribution is 2.63. The van der Waals surface area contributed by atoms with E-state index in [-0.39, 0.29) is 0 Å². The lowest BCUT2D eigenvalue weighted by molar-refractivity contribution is 0.0958. The van der Waals surface area contributed by atoms with Gasteiger partial charge in [-0.3, -0.25) is 0 Å². The van der Waals surface area contributed by atoms with E-state index in [1.807, 2.05) is 19.4 Å². The Morgan fingerprint density at radius 1 is 1.19 bits per heavy atom. The molecule has 0 aromatic heterocycles. The minimum Gasteiger partial charge on any atom is -0.103 e. The van der Waals surface area contributed by atoms with Crippen LogP contribution in [-0.4, -0.2) is 0 Å². The SMILES string of the molecule is C=CC1CC(CCC)=C2C(c3ccccc3)CC3(C)CCCC3C2C1.CC. The normalized spacial score (nSPS) is 35.0. The van der Waals surface area contributed by atoms with Crippen LogP contribution in [0.2, 0.25) is 0 Å². The van der Waals surface area contributed by atoms with Crippen molar-refractivity contribution < 1.29 is 0 Å². The molecule has 1 aromatic rings. The highest BCUT2D eigenvalue weighted by molar-refractivity contribution is 5.39. The topological polar surface area (TPSA) is 0 Å². The van der Waals surface area contributed by atoms with E-state index in [9.17, 15) is 0 Å². The second kappa shape index (κ2) is 8.80. The summed E-state index contributed by atoms with van der Waals surface area (Å²) in [7, 11) is 0. The summed E-state index contributed by atoms with van der Waals surface area (Å²) in [5, 5.41) is 0. The van der Waals surface area contributed by atoms with Crippen LogP contribution in [0.15, 0.2) is 54.1 Å². The van der Waals surface area contributed by atoms with Crippen LogP contribution in [0.25, 0.3) is 0 Å². The van der Waals surface area contributed by atoms with E-state index in [1.54, 1.807) is 11.1 Å². The highest BCUT2D eigenvalue weighted by atomic mass is 14.6. The maximum absolute atomic E-state index is 4.17. The van der Waals surface area contributed by atoms with Gasteiger partial charge in [-0.1, -0.05) is 88.1 Å². The third-order valence-electron chi connectivity index (χ3n) is 7.65. The third-order valence-corrected chi connectivity index (χ3v) is 7.65. The Bertz CT molecular complexity index is 652. The molecule has 0 heterocycles. The van der Waals surface area contributed by atoms with Crippen molar-refractivity contribution in [1.82, 2.24) is 0 Å². The van der Waals surface area contributed by atoms with Gasteiger partial charge in [-0.2, -0.15) is 0 Å². The summed E-state index contributed by atoms with van der Waals surface area (Å²) in [6.07, 6.45) is 13.2. The third kappa shape index (κ3) is 3.82. The zero-order valence-electron chi connectivity index (χ0n) is 18.1. The first-order chi connectivity index (χ1) is 13.2. The molecule has 1 aromatic carbocycles. The fourth-order valence-corrected chi connectivity index (χ4v) is 6.61. The summed E-state index contributed by atoms with van der Waals surface area (Å²) in [5.74, 6) is 3.09. The van der Waals surface area contributed by atoms with Crippen LogP contribution in [0.3, 0.4) is 0 Å². The molecule has 27 heavy (non-hydrogen) atoms. The zero-order valence-corrected chi connectivity index (χ0v) is 18.1. The summed E-state index contributed by atoms with van der Waals surface area (Å²) in [4.78, 5) is 0. The fraction of sp³-hybridized carbons (Fsp3) is 0.630. The first-order valence-electron chi connectivity index (χ1n) is 11.6. The van der Waals surface area contributed by atoms with E-state index >= 15 is 0 Å². The number of rotatable bonds is 4. The lowest BCUT2D eigenvalue weighted by atomic mass is 9.53. The summed E-state index contributed by atoms with van der Waals surface area (Å²) in [6, 6.07) is 11.4. The summed E-state index contributed by atoms with van der Waals surface area (Å²) in [6.45, 7) is 13.1. The van der Waals surface area contributed by atoms with Crippen molar-refractivity contribution in [3.05, 3.63) is 59.7 Å². The van der Waals surface area contributed by atoms with Crippen molar-refractivity contribution in [2.45, 2.75) is 85.0 Å². The van der Waals surface area contributed by atoms with Crippen molar-refractivity contribution in [2.24, 2.45) is 23.2 Å². The van der Waals surface area contributed by atoms with Gasteiger partial charge in [0.05, 0.1) is 0 Å². The van der Waals surface area contributed by atoms with Gasteiger partial charge in [0, 0.05) is 5.92 Å². The molecule has 3 aliphatic rings. The number of hydrogen-bond acceptors (Lipinski definition) is 0. The van der Waals surface area contributed by atoms with Gasteiger partial charge in [0.25, 0.3) is 0 Å². The van der Waals surface area contributed by atoms with E-state index in [0.717, 1.165) is 11.8 Å². The van der Waals surface area contributed by atoms with Crippen molar-refractivity contribution in [1.29, 1.82) is 0 Å². The zero-order chi connectivity index (χ0) is 19.4. The van der Waals surface area contributed by atoms with Crippen LogP contribution >= 0.6 is 0 Å². The van der Waals surface area contributed by atoms with Crippen LogP contribution in [0.4, 0.5) is 0 Å². The van der Waals surface area contributed by atoms with Gasteiger partial charge in [0.2, 0.25) is 0 Å². The van der Waals surface area contributed by atoms with E-state index in [4.69, 9.17) is 0 Å². The Kier molecular flexibility index (Phi) is 6.66. The van der Waals surface area contributed by atoms with E-state index in [2.05, 4.69) is 56.8 Å². The molecule has 0 N–H and O–H groups in total. The van der Waals surface area contributed by atoms with Gasteiger partial charge < -0.3 is 0 Å². The minimum absolute atomic E-state index is 0.551. The van der Waals surface area contributed by atoms with E-state index in [1.165, 1.54) is 51.4 Å². The molecule has 0 saturated heterocycles. The first kappa shape index (κ1) is 20.4. The highest BCUT2D eigenvalue weighted by Gasteiger charge is 2.52. The van der Waals surface area contributed by atoms with Gasteiger partial charge in [-0.05, 0) is 67.3 Å². The molecule has 0 bridgehead atoms. The summed E-state index contributed by atoms with van der Waals surface area (Å²) in [5.41, 5.74) is 5.79. The molecule has 5 atom stereocenters. The Balaban J connectivity index is 0.00000102. The molecular weight excluding hydrogens is 324 g/mol. The monoisotopic (exact) mass is 364 g/mol. The molecule has 0 spiro atoms. The smallest absolute Gasteiger partial charge is 0.00590 e. The Hall–Kier alpha value is -1.30. The van der Waals surface area contributed by atoms with Gasteiger partial charge in [-0.25, -0.2) is 0 Å². The minimum atomic E-state index is 0.551. The van der Waals surface area contributed by atoms with Gasteiger partial charge in [-0.15, -0.1) is 6.58 Å². The summed E-state index contributed by atoms with van der Waals surface area (Å²) < 4.78 is 0. The quantitative estimate of drug-likeness (QED) is 0.471. The Labute approximate surface area is 168 Å². The average Bonchev–Trinajstić information content (AvgIpc) is 3.11. The largest absolute Gasteiger partial charge is 0.103 e. The lowest BCUT2D eigenvalue weighted by Gasteiger charge is -2.51. The molecule has 3 aliphatic carbocycles. The number of hydrogen-bond donors (Lipinski definition) is 0. The lowest BCUT2D eigenvalue weighted by Crippen LogP contribution is -2.41. The van der Waals surface area contributed by atoms with Gasteiger partial charge >= 0.3 is 0 Å². The second-order valence-corrected chi connectivity index (χ2v) is 9.17. The first-order valence-corrected chi connectivity index (χ1v) is 11.6. The van der Waals surface area contributed by atoms with Gasteiger partial charge in [0.1, 0.15) is 0 Å². The Morgan fingerprint density at radius 3 is 2.59 bits per heavy atom. The average molecular weight is 365 g/mol. The molecule has 0 amide bonds. The van der Waals surface area contributed by atoms with Crippen molar-refractivity contribution >= 4 is 0 Å². The van der Waals surface area contributed by atoms with Gasteiger partial charge in [0.15, 0.2) is 0 Å². The van der Waals surface area contributed by atoms with Crippen LogP contribution in [0, 0.1) is 23.2 Å². The van der Waals surface area contributed by atoms with Crippen LogP contribution in [0.5, 0.6) is 0 Å². The summed E-state index contributed by atoms with van der Waals surface area (Å²) >= 11 is 0. The van der Waals surface area contributed by atoms with Crippen molar-refractivity contribution in [3.8, 4) is 0 Å². The number of allylic oxidation sites excluding steroid dienone is 3. The molecule has 2 fully saturated rings. The number of benzene rings is 1. The van der Waals surface area contributed by atoms with Crippen molar-refractivity contribution in [2.75, 3.05) is 0 Å². The second-order valence-electron chi connectivity index (χ2n) is 9.17. The molecule has 0 aliphatic heterocycles. The van der Waals surface area contributed by atoms with Crippen LogP contribution in [-0.2, 0) is 0 Å². The molecule has 5 unspecified atom stereocenters. The molecule has 0 heteroatoms. The predicted molar refractivity (Wildman–Crippen MR) is 119 cm³/mol. The maximum Gasteiger partial charge on any atom is 0.00590 e. The van der Waals surface area contributed by atoms with E-state index < -0.39 is 0 Å². The van der Waals surface area contributed by atoms with Crippen LogP contribution < -0.4 is 0 Å². The van der Waals surface area contributed by atoms with Crippen LogP contribution in [0.1, 0.15) is 90.5 Å². The molecule has 2 saturated carbocycles. The molecule has 4 rings (SSSR count). The van der Waals surface area contributed by atoms with Crippen molar-refractivity contribution in [3.63, 3.8) is 0 Å². The van der Waals surface area contributed by atoms with E-state index in [0.29, 0.717) is 17.3 Å². The number of fused-ring (bicyclic) bond motifs is 3. The Morgan fingerprint density at radius 2 is 1.93 bits per heavy atom. The predicted octanol–water partition coefficient (Wildman–Crippen LogP) is 8.32. The molecule has 0 radical (unpaired) electrons. The maximum atomic E-state index is 4.17. The standard InChI is InChI=1S/C25H34.C2H6/c1-4-10-20-15-18(5-2)16-21-23-13-9-14-25(23,3)17-22(24(20)21)19-11-7-6-8-12-19;1-2/h5-8,11-12,18,21-23H,2,4,9-10,13-17H2,1,3H3;1-2H3. The molecule has 0 nitrogen and oxygen atoms in total. The molecular formula is C27H40.